The summed E-state index contributed by atoms with van der Waals surface area (Å²) >= 11 is 0. The maximum atomic E-state index is 10.0. The molecule has 2 nitrogen and oxygen atoms in total. The Hall–Kier alpha value is -0.600. The molecule has 1 spiro atoms. The van der Waals surface area contributed by atoms with Crippen LogP contribution < -0.4 is 0 Å². The van der Waals surface area contributed by atoms with Crippen molar-refractivity contribution in [1.82, 2.24) is 0 Å². The van der Waals surface area contributed by atoms with Gasteiger partial charge in [0.2, 0.25) is 0 Å². The van der Waals surface area contributed by atoms with E-state index in [0.29, 0.717) is 5.41 Å². The van der Waals surface area contributed by atoms with Gasteiger partial charge in [-0.05, 0) is 67.3 Å². The maximum Gasteiger partial charge on any atom is 0.0760 e. The smallest absolute Gasteiger partial charge is 0.0760 e. The zero-order valence-electron chi connectivity index (χ0n) is 14.6. The summed E-state index contributed by atoms with van der Waals surface area (Å²) in [5, 5.41) is 10.0. The molecule has 0 amide bonds. The predicted molar refractivity (Wildman–Crippen MR) is 90.9 cm³/mol. The third kappa shape index (κ3) is 1.67. The maximum absolute atomic E-state index is 10.0. The van der Waals surface area contributed by atoms with Gasteiger partial charge in [-0.25, -0.2) is 0 Å². The SMILES string of the molecule is C[C@]12CC[C@H](O)C=C1C=C[C@H]1[C@H]2CC[C@@]2(C)[C@H]1CC[C@@]21CCO1. The molecule has 0 bridgehead atoms. The molecular formula is C21H30O2. The van der Waals surface area contributed by atoms with Crippen LogP contribution in [0.3, 0.4) is 0 Å². The van der Waals surface area contributed by atoms with Gasteiger partial charge in [0, 0.05) is 11.8 Å². The molecule has 7 atom stereocenters. The van der Waals surface area contributed by atoms with Gasteiger partial charge < -0.3 is 9.84 Å². The Bertz CT molecular complexity index is 587. The zero-order chi connectivity index (χ0) is 15.9. The average molecular weight is 314 g/mol. The van der Waals surface area contributed by atoms with E-state index in [0.717, 1.165) is 37.2 Å². The molecule has 0 aromatic heterocycles. The van der Waals surface area contributed by atoms with E-state index >= 15 is 0 Å². The van der Waals surface area contributed by atoms with Gasteiger partial charge in [0.25, 0.3) is 0 Å². The monoisotopic (exact) mass is 314 g/mol. The van der Waals surface area contributed by atoms with Crippen LogP contribution in [0.5, 0.6) is 0 Å². The molecule has 23 heavy (non-hydrogen) atoms. The Kier molecular flexibility index (Phi) is 2.89. The molecule has 1 N–H and O–H groups in total. The van der Waals surface area contributed by atoms with E-state index in [1.54, 1.807) is 0 Å². The molecule has 5 aliphatic rings. The summed E-state index contributed by atoms with van der Waals surface area (Å²) in [7, 11) is 0. The summed E-state index contributed by atoms with van der Waals surface area (Å²) in [6, 6.07) is 0. The minimum atomic E-state index is -0.230. The molecule has 0 radical (unpaired) electrons. The van der Waals surface area contributed by atoms with Crippen LogP contribution in [0.2, 0.25) is 0 Å². The summed E-state index contributed by atoms with van der Waals surface area (Å²) in [5.41, 5.74) is 2.31. The quantitative estimate of drug-likeness (QED) is 0.724. The van der Waals surface area contributed by atoms with Gasteiger partial charge in [-0.15, -0.1) is 0 Å². The lowest BCUT2D eigenvalue weighted by atomic mass is 9.47. The van der Waals surface area contributed by atoms with E-state index in [9.17, 15) is 5.11 Å². The lowest BCUT2D eigenvalue weighted by Gasteiger charge is -2.60. The first-order chi connectivity index (χ1) is 11.0. The minimum Gasteiger partial charge on any atom is -0.389 e. The van der Waals surface area contributed by atoms with Gasteiger partial charge in [-0.3, -0.25) is 0 Å². The lowest BCUT2D eigenvalue weighted by Crippen LogP contribution is -2.58. The van der Waals surface area contributed by atoms with Crippen LogP contribution in [-0.4, -0.2) is 23.4 Å². The average Bonchev–Trinajstić information content (AvgIpc) is 2.81. The predicted octanol–water partition coefficient (Wildman–Crippen LogP) is 4.25. The van der Waals surface area contributed by atoms with E-state index in [-0.39, 0.29) is 17.1 Å². The number of allylic oxidation sites excluding steroid dienone is 3. The van der Waals surface area contributed by atoms with Crippen molar-refractivity contribution in [3.63, 3.8) is 0 Å². The molecule has 1 aliphatic heterocycles. The molecule has 3 fully saturated rings. The molecule has 5 rings (SSSR count). The number of hydrogen-bond donors (Lipinski definition) is 1. The molecule has 2 heteroatoms. The van der Waals surface area contributed by atoms with Gasteiger partial charge in [0.1, 0.15) is 0 Å². The van der Waals surface area contributed by atoms with Crippen molar-refractivity contribution in [3.8, 4) is 0 Å². The van der Waals surface area contributed by atoms with Crippen molar-refractivity contribution in [2.45, 2.75) is 70.5 Å². The van der Waals surface area contributed by atoms with Gasteiger partial charge in [-0.1, -0.05) is 32.1 Å². The van der Waals surface area contributed by atoms with Crippen molar-refractivity contribution < 1.29 is 9.84 Å². The Morgan fingerprint density at radius 2 is 1.83 bits per heavy atom. The molecule has 126 valence electrons. The fraction of sp³-hybridized carbons (Fsp3) is 0.810. The molecular weight excluding hydrogens is 284 g/mol. The summed E-state index contributed by atoms with van der Waals surface area (Å²) < 4.78 is 6.21. The molecule has 2 saturated carbocycles. The number of fused-ring (bicyclic) bond motifs is 6. The third-order valence-corrected chi connectivity index (χ3v) is 8.81. The standard InChI is InChI=1S/C21H30O2/c1-19-8-5-15(22)13-14(19)3-4-16-17(19)6-9-20(2)18(16)7-10-21(20)11-12-23-21/h3-4,13,15-18,22H,5-12H2,1-2H3/t15-,16-,17+,18-,19-,20-,21+/m0/s1. The van der Waals surface area contributed by atoms with E-state index in [1.807, 2.05) is 0 Å². The van der Waals surface area contributed by atoms with Crippen molar-refractivity contribution in [2.75, 3.05) is 6.61 Å². The topological polar surface area (TPSA) is 29.5 Å². The van der Waals surface area contributed by atoms with Crippen molar-refractivity contribution in [3.05, 3.63) is 23.8 Å². The van der Waals surface area contributed by atoms with Crippen LogP contribution in [0.15, 0.2) is 23.8 Å². The van der Waals surface area contributed by atoms with Crippen LogP contribution in [0.25, 0.3) is 0 Å². The number of aliphatic hydroxyl groups excluding tert-OH is 1. The van der Waals surface area contributed by atoms with Crippen LogP contribution in [0.4, 0.5) is 0 Å². The molecule has 0 aromatic rings. The largest absolute Gasteiger partial charge is 0.389 e. The van der Waals surface area contributed by atoms with E-state index in [1.165, 1.54) is 37.7 Å². The third-order valence-electron chi connectivity index (χ3n) is 8.81. The van der Waals surface area contributed by atoms with Crippen molar-refractivity contribution >= 4 is 0 Å². The van der Waals surface area contributed by atoms with Crippen molar-refractivity contribution in [2.24, 2.45) is 28.6 Å². The highest BCUT2D eigenvalue weighted by atomic mass is 16.5. The first-order valence-corrected chi connectivity index (χ1v) is 9.71. The van der Waals surface area contributed by atoms with Crippen LogP contribution in [0, 0.1) is 28.6 Å². The normalized spacial score (nSPS) is 57.3. The number of rotatable bonds is 0. The van der Waals surface area contributed by atoms with E-state index in [2.05, 4.69) is 32.1 Å². The second-order valence-electron chi connectivity index (χ2n) is 9.38. The Balaban J connectivity index is 1.54. The van der Waals surface area contributed by atoms with Crippen molar-refractivity contribution in [1.29, 1.82) is 0 Å². The summed E-state index contributed by atoms with van der Waals surface area (Å²) in [6.45, 7) is 5.99. The van der Waals surface area contributed by atoms with Crippen LogP contribution in [0.1, 0.15) is 58.8 Å². The summed E-state index contributed by atoms with van der Waals surface area (Å²) in [4.78, 5) is 0. The Labute approximate surface area is 140 Å². The number of hydrogen-bond acceptors (Lipinski definition) is 2. The fourth-order valence-electron chi connectivity index (χ4n) is 7.23. The van der Waals surface area contributed by atoms with Gasteiger partial charge in [-0.2, -0.15) is 0 Å². The first-order valence-electron chi connectivity index (χ1n) is 9.71. The van der Waals surface area contributed by atoms with E-state index < -0.39 is 0 Å². The van der Waals surface area contributed by atoms with Gasteiger partial charge >= 0.3 is 0 Å². The summed E-state index contributed by atoms with van der Waals surface area (Å²) in [6.07, 6.45) is 15.4. The van der Waals surface area contributed by atoms with Gasteiger partial charge in [0.15, 0.2) is 0 Å². The number of ether oxygens (including phenoxy) is 1. The molecule has 0 unspecified atom stereocenters. The lowest BCUT2D eigenvalue weighted by molar-refractivity contribution is -0.223. The second kappa shape index (κ2) is 4.52. The molecule has 1 heterocycles. The zero-order valence-corrected chi connectivity index (χ0v) is 14.6. The molecule has 4 aliphatic carbocycles. The second-order valence-corrected chi connectivity index (χ2v) is 9.38. The highest BCUT2D eigenvalue weighted by molar-refractivity contribution is 5.36. The minimum absolute atomic E-state index is 0.219. The number of aliphatic hydroxyl groups is 1. The summed E-state index contributed by atoms with van der Waals surface area (Å²) in [5.74, 6) is 2.28. The van der Waals surface area contributed by atoms with Crippen LogP contribution >= 0.6 is 0 Å². The molecule has 0 aromatic carbocycles. The first kappa shape index (κ1) is 14.7. The van der Waals surface area contributed by atoms with E-state index in [4.69, 9.17) is 4.74 Å². The fourth-order valence-corrected chi connectivity index (χ4v) is 7.23. The highest BCUT2D eigenvalue weighted by Gasteiger charge is 2.66. The Morgan fingerprint density at radius 1 is 1.04 bits per heavy atom. The molecule has 1 saturated heterocycles. The van der Waals surface area contributed by atoms with Gasteiger partial charge in [0.05, 0.1) is 18.3 Å². The Morgan fingerprint density at radius 3 is 2.57 bits per heavy atom. The van der Waals surface area contributed by atoms with Crippen LogP contribution in [-0.2, 0) is 4.74 Å². The highest BCUT2D eigenvalue weighted by Crippen LogP contribution is 2.69.